The molecule has 0 aromatic carbocycles. The van der Waals surface area contributed by atoms with Crippen LogP contribution in [0.3, 0.4) is 0 Å². The van der Waals surface area contributed by atoms with Crippen LogP contribution in [0.5, 0.6) is 0 Å². The minimum atomic E-state index is 0.0742. The molecule has 4 heteroatoms. The monoisotopic (exact) mass is 230 g/mol. The summed E-state index contributed by atoms with van der Waals surface area (Å²) < 4.78 is 5.26. The molecule has 0 heterocycles. The Morgan fingerprint density at radius 3 is 2.62 bits per heavy atom. The summed E-state index contributed by atoms with van der Waals surface area (Å²) in [5.74, 6) is 0.292. The Kier molecular flexibility index (Phi) is 9.24. The van der Waals surface area contributed by atoms with Gasteiger partial charge >= 0.3 is 0 Å². The molecule has 0 aromatic heterocycles. The number of rotatable bonds is 9. The predicted octanol–water partition coefficient (Wildman–Crippen LogP) is 1.25. The van der Waals surface area contributed by atoms with Gasteiger partial charge in [-0.1, -0.05) is 6.92 Å². The Hall–Kier alpha value is -0.610. The zero-order chi connectivity index (χ0) is 12.4. The molecule has 96 valence electrons. The van der Waals surface area contributed by atoms with Crippen LogP contribution in [-0.4, -0.2) is 43.7 Å². The molecule has 2 N–H and O–H groups in total. The van der Waals surface area contributed by atoms with E-state index in [1.54, 1.807) is 0 Å². The van der Waals surface area contributed by atoms with E-state index in [2.05, 4.69) is 0 Å². The molecule has 1 atom stereocenters. The average Bonchev–Trinajstić information content (AvgIpc) is 2.31. The second kappa shape index (κ2) is 9.60. The maximum absolute atomic E-state index is 12.0. The van der Waals surface area contributed by atoms with Crippen LogP contribution in [-0.2, 0) is 9.53 Å². The van der Waals surface area contributed by atoms with E-state index in [0.717, 1.165) is 19.4 Å². The summed E-state index contributed by atoms with van der Waals surface area (Å²) in [4.78, 5) is 13.9. The topological polar surface area (TPSA) is 55.6 Å². The van der Waals surface area contributed by atoms with Gasteiger partial charge in [-0.3, -0.25) is 4.79 Å². The number of nitrogens with two attached hydrogens (primary N) is 1. The molecule has 0 aliphatic heterocycles. The van der Waals surface area contributed by atoms with E-state index in [9.17, 15) is 4.79 Å². The maximum Gasteiger partial charge on any atom is 0.225 e. The Balaban J connectivity index is 3.97. The number of carbonyl (C=O) groups excluding carboxylic acids is 1. The van der Waals surface area contributed by atoms with Gasteiger partial charge in [-0.15, -0.1) is 0 Å². The standard InChI is InChI=1S/C12H26N2O2/c1-4-14(9-10-16-5-2)12(15)11(3)7-6-8-13/h11H,4-10,13H2,1-3H3. The van der Waals surface area contributed by atoms with Crippen molar-refractivity contribution in [3.05, 3.63) is 0 Å². The molecule has 1 unspecified atom stereocenters. The van der Waals surface area contributed by atoms with Gasteiger partial charge in [-0.05, 0) is 33.2 Å². The van der Waals surface area contributed by atoms with Crippen molar-refractivity contribution in [1.29, 1.82) is 0 Å². The quantitative estimate of drug-likeness (QED) is 0.606. The summed E-state index contributed by atoms with van der Waals surface area (Å²) >= 11 is 0. The second-order valence-corrected chi connectivity index (χ2v) is 3.95. The van der Waals surface area contributed by atoms with E-state index in [4.69, 9.17) is 10.5 Å². The fourth-order valence-electron chi connectivity index (χ4n) is 1.60. The fourth-order valence-corrected chi connectivity index (χ4v) is 1.60. The zero-order valence-electron chi connectivity index (χ0n) is 10.9. The van der Waals surface area contributed by atoms with E-state index >= 15 is 0 Å². The minimum Gasteiger partial charge on any atom is -0.380 e. The minimum absolute atomic E-state index is 0.0742. The van der Waals surface area contributed by atoms with Crippen LogP contribution >= 0.6 is 0 Å². The average molecular weight is 230 g/mol. The first-order valence-electron chi connectivity index (χ1n) is 6.23. The smallest absolute Gasteiger partial charge is 0.225 e. The van der Waals surface area contributed by atoms with Gasteiger partial charge in [0.15, 0.2) is 0 Å². The lowest BCUT2D eigenvalue weighted by Crippen LogP contribution is -2.37. The molecule has 0 fully saturated rings. The van der Waals surface area contributed by atoms with Gasteiger partial charge in [-0.2, -0.15) is 0 Å². The summed E-state index contributed by atoms with van der Waals surface area (Å²) in [6.45, 7) is 9.36. The highest BCUT2D eigenvalue weighted by Crippen LogP contribution is 2.09. The number of carbonyl (C=O) groups is 1. The fraction of sp³-hybridized carbons (Fsp3) is 0.917. The summed E-state index contributed by atoms with van der Waals surface area (Å²) in [5, 5.41) is 0. The Morgan fingerprint density at radius 1 is 1.44 bits per heavy atom. The lowest BCUT2D eigenvalue weighted by atomic mass is 10.0. The number of hydrogen-bond donors (Lipinski definition) is 1. The molecule has 0 aliphatic rings. The van der Waals surface area contributed by atoms with Crippen molar-refractivity contribution in [2.75, 3.05) is 32.8 Å². The van der Waals surface area contributed by atoms with Crippen molar-refractivity contribution in [3.63, 3.8) is 0 Å². The second-order valence-electron chi connectivity index (χ2n) is 3.95. The Morgan fingerprint density at radius 2 is 2.12 bits per heavy atom. The summed E-state index contributed by atoms with van der Waals surface area (Å²) in [6, 6.07) is 0. The molecular formula is C12H26N2O2. The molecule has 16 heavy (non-hydrogen) atoms. The lowest BCUT2D eigenvalue weighted by molar-refractivity contribution is -0.135. The number of amides is 1. The number of nitrogens with zero attached hydrogens (tertiary/aromatic N) is 1. The van der Waals surface area contributed by atoms with Crippen LogP contribution in [0, 0.1) is 5.92 Å². The molecule has 0 radical (unpaired) electrons. The highest BCUT2D eigenvalue weighted by atomic mass is 16.5. The van der Waals surface area contributed by atoms with Crippen molar-refractivity contribution in [3.8, 4) is 0 Å². The Bertz CT molecular complexity index is 186. The predicted molar refractivity (Wildman–Crippen MR) is 66.2 cm³/mol. The molecule has 0 saturated heterocycles. The van der Waals surface area contributed by atoms with Gasteiger partial charge in [0.1, 0.15) is 0 Å². The summed E-state index contributed by atoms with van der Waals surface area (Å²) in [7, 11) is 0. The normalized spacial score (nSPS) is 12.5. The molecule has 0 aromatic rings. The highest BCUT2D eigenvalue weighted by molar-refractivity contribution is 5.78. The number of ether oxygens (including phenoxy) is 1. The SMILES string of the molecule is CCOCCN(CC)C(=O)C(C)CCCN. The molecule has 1 amide bonds. The van der Waals surface area contributed by atoms with E-state index in [-0.39, 0.29) is 11.8 Å². The van der Waals surface area contributed by atoms with E-state index in [1.807, 2.05) is 25.7 Å². The molecule has 4 nitrogen and oxygen atoms in total. The molecule has 0 aliphatic carbocycles. The molecule has 0 bridgehead atoms. The zero-order valence-corrected chi connectivity index (χ0v) is 10.9. The third-order valence-corrected chi connectivity index (χ3v) is 2.67. The molecular weight excluding hydrogens is 204 g/mol. The van der Waals surface area contributed by atoms with Crippen molar-refractivity contribution < 1.29 is 9.53 Å². The first-order chi connectivity index (χ1) is 7.67. The van der Waals surface area contributed by atoms with Crippen molar-refractivity contribution in [2.24, 2.45) is 11.7 Å². The molecule has 0 rings (SSSR count). The third-order valence-electron chi connectivity index (χ3n) is 2.67. The highest BCUT2D eigenvalue weighted by Gasteiger charge is 2.18. The first kappa shape index (κ1) is 15.4. The van der Waals surface area contributed by atoms with Crippen molar-refractivity contribution >= 4 is 5.91 Å². The molecule has 0 saturated carbocycles. The van der Waals surface area contributed by atoms with Crippen molar-refractivity contribution in [2.45, 2.75) is 33.6 Å². The van der Waals surface area contributed by atoms with Crippen LogP contribution in [0.15, 0.2) is 0 Å². The Labute approximate surface area is 99.1 Å². The summed E-state index contributed by atoms with van der Waals surface area (Å²) in [6.07, 6.45) is 1.79. The number of likely N-dealkylation sites (N-methyl/N-ethyl adjacent to an activating group) is 1. The van der Waals surface area contributed by atoms with Gasteiger partial charge in [0.05, 0.1) is 6.61 Å². The van der Waals surface area contributed by atoms with Crippen LogP contribution in [0.25, 0.3) is 0 Å². The van der Waals surface area contributed by atoms with Gasteiger partial charge < -0.3 is 15.4 Å². The van der Waals surface area contributed by atoms with Gasteiger partial charge in [0.2, 0.25) is 5.91 Å². The first-order valence-corrected chi connectivity index (χ1v) is 6.23. The van der Waals surface area contributed by atoms with Gasteiger partial charge in [-0.25, -0.2) is 0 Å². The van der Waals surface area contributed by atoms with Crippen LogP contribution in [0.1, 0.15) is 33.6 Å². The lowest BCUT2D eigenvalue weighted by Gasteiger charge is -2.24. The molecule has 0 spiro atoms. The largest absolute Gasteiger partial charge is 0.380 e. The van der Waals surface area contributed by atoms with Gasteiger partial charge in [0.25, 0.3) is 0 Å². The van der Waals surface area contributed by atoms with Crippen LogP contribution in [0.4, 0.5) is 0 Å². The number of hydrogen-bond acceptors (Lipinski definition) is 3. The maximum atomic E-state index is 12.0. The van der Waals surface area contributed by atoms with Gasteiger partial charge in [0, 0.05) is 25.6 Å². The summed E-state index contributed by atoms with van der Waals surface area (Å²) in [5.41, 5.74) is 5.44. The van der Waals surface area contributed by atoms with Crippen molar-refractivity contribution in [1.82, 2.24) is 4.90 Å². The van der Waals surface area contributed by atoms with E-state index in [1.165, 1.54) is 0 Å². The van der Waals surface area contributed by atoms with Crippen LogP contribution in [0.2, 0.25) is 0 Å². The van der Waals surface area contributed by atoms with Crippen LogP contribution < -0.4 is 5.73 Å². The van der Waals surface area contributed by atoms with E-state index in [0.29, 0.717) is 26.3 Å². The third kappa shape index (κ3) is 6.08. The van der Waals surface area contributed by atoms with E-state index < -0.39 is 0 Å².